The number of halogens is 6. The third kappa shape index (κ3) is 4.65. The number of hydrogen-bond acceptors (Lipinski definition) is 1. The van der Waals surface area contributed by atoms with E-state index in [0.717, 1.165) is 38.2 Å². The molecular formula is C21H21F6NO2. The minimum Gasteiger partial charge on any atom is -0.478 e. The van der Waals surface area contributed by atoms with Crippen molar-refractivity contribution >= 4 is 5.97 Å². The van der Waals surface area contributed by atoms with Crippen LogP contribution in [0.25, 0.3) is 11.3 Å². The van der Waals surface area contributed by atoms with Crippen molar-refractivity contribution in [1.29, 1.82) is 0 Å². The fourth-order valence-electron chi connectivity index (χ4n) is 4.07. The van der Waals surface area contributed by atoms with Crippen molar-refractivity contribution in [3.8, 4) is 11.3 Å². The third-order valence-electron chi connectivity index (χ3n) is 5.65. The Morgan fingerprint density at radius 1 is 0.967 bits per heavy atom. The minimum absolute atomic E-state index is 0.0482. The smallest absolute Gasteiger partial charge is 0.416 e. The molecular weight excluding hydrogens is 412 g/mol. The summed E-state index contributed by atoms with van der Waals surface area (Å²) < 4.78 is 81.2. The van der Waals surface area contributed by atoms with Crippen LogP contribution in [0.3, 0.4) is 0 Å². The Morgan fingerprint density at radius 3 is 1.97 bits per heavy atom. The molecule has 1 aliphatic rings. The molecule has 0 unspecified atom stereocenters. The molecule has 1 aromatic carbocycles. The number of rotatable bonds is 4. The fraction of sp³-hybridized carbons (Fsp3) is 0.476. The van der Waals surface area contributed by atoms with E-state index in [4.69, 9.17) is 0 Å². The Balaban J connectivity index is 2.18. The first-order chi connectivity index (χ1) is 13.9. The summed E-state index contributed by atoms with van der Waals surface area (Å²) in [4.78, 5) is 11.6. The van der Waals surface area contributed by atoms with Crippen LogP contribution in [0.4, 0.5) is 26.3 Å². The van der Waals surface area contributed by atoms with Gasteiger partial charge in [0.05, 0.1) is 16.7 Å². The molecule has 1 aromatic heterocycles. The summed E-state index contributed by atoms with van der Waals surface area (Å²) in [6.07, 6.45) is -5.10. The van der Waals surface area contributed by atoms with Crippen LogP contribution in [-0.4, -0.2) is 15.6 Å². The van der Waals surface area contributed by atoms with Gasteiger partial charge in [-0.25, -0.2) is 4.79 Å². The summed E-state index contributed by atoms with van der Waals surface area (Å²) in [5.41, 5.74) is -2.92. The van der Waals surface area contributed by atoms with Crippen molar-refractivity contribution < 1.29 is 36.2 Å². The summed E-state index contributed by atoms with van der Waals surface area (Å²) in [6, 6.07) is 2.53. The molecule has 3 rings (SSSR count). The molecule has 1 fully saturated rings. The van der Waals surface area contributed by atoms with E-state index in [-0.39, 0.29) is 28.8 Å². The quantitative estimate of drug-likeness (QED) is 0.540. The van der Waals surface area contributed by atoms with Crippen LogP contribution in [-0.2, 0) is 18.9 Å². The predicted molar refractivity (Wildman–Crippen MR) is 98.1 cm³/mol. The van der Waals surface area contributed by atoms with Gasteiger partial charge in [-0.3, -0.25) is 0 Å². The van der Waals surface area contributed by atoms with Crippen LogP contribution in [0, 0.1) is 12.8 Å². The van der Waals surface area contributed by atoms with E-state index >= 15 is 0 Å². The Morgan fingerprint density at radius 2 is 1.50 bits per heavy atom. The molecule has 2 aromatic rings. The maximum absolute atomic E-state index is 13.3. The van der Waals surface area contributed by atoms with Crippen molar-refractivity contribution in [3.05, 3.63) is 46.6 Å². The Kier molecular flexibility index (Phi) is 5.93. The van der Waals surface area contributed by atoms with Crippen molar-refractivity contribution in [2.75, 3.05) is 0 Å². The molecule has 30 heavy (non-hydrogen) atoms. The van der Waals surface area contributed by atoms with E-state index in [9.17, 15) is 36.2 Å². The van der Waals surface area contributed by atoms with Gasteiger partial charge in [0, 0.05) is 17.9 Å². The van der Waals surface area contributed by atoms with E-state index in [1.54, 1.807) is 4.57 Å². The van der Waals surface area contributed by atoms with Gasteiger partial charge in [-0.05, 0) is 55.5 Å². The molecule has 1 saturated carbocycles. The maximum Gasteiger partial charge on any atom is 0.416 e. The lowest BCUT2D eigenvalue weighted by Gasteiger charge is -2.24. The predicted octanol–water partition coefficient (Wildman–Crippen LogP) is 6.78. The molecule has 9 heteroatoms. The van der Waals surface area contributed by atoms with Crippen LogP contribution < -0.4 is 0 Å². The summed E-state index contributed by atoms with van der Waals surface area (Å²) in [5, 5.41) is 9.45. The van der Waals surface area contributed by atoms with Gasteiger partial charge in [0.15, 0.2) is 0 Å². The first kappa shape index (κ1) is 22.2. The summed E-state index contributed by atoms with van der Waals surface area (Å²) >= 11 is 0. The second-order valence-corrected chi connectivity index (χ2v) is 7.74. The molecule has 0 aliphatic heterocycles. The molecule has 3 nitrogen and oxygen atoms in total. The third-order valence-corrected chi connectivity index (χ3v) is 5.65. The zero-order valence-corrected chi connectivity index (χ0v) is 16.2. The highest BCUT2D eigenvalue weighted by Gasteiger charge is 2.37. The normalized spacial score (nSPS) is 16.1. The Labute approximate surface area is 169 Å². The van der Waals surface area contributed by atoms with Gasteiger partial charge < -0.3 is 9.67 Å². The van der Waals surface area contributed by atoms with Crippen molar-refractivity contribution in [3.63, 3.8) is 0 Å². The molecule has 0 amide bonds. The lowest BCUT2D eigenvalue weighted by Crippen LogP contribution is -2.16. The van der Waals surface area contributed by atoms with Crippen LogP contribution in [0.2, 0.25) is 0 Å². The van der Waals surface area contributed by atoms with Crippen molar-refractivity contribution in [2.24, 2.45) is 5.92 Å². The number of nitrogens with zero attached hydrogens (tertiary/aromatic N) is 1. The number of aromatic carboxylic acids is 1. The highest BCUT2D eigenvalue weighted by Crippen LogP contribution is 2.40. The van der Waals surface area contributed by atoms with Gasteiger partial charge in [-0.1, -0.05) is 19.3 Å². The maximum atomic E-state index is 13.3. The molecule has 164 valence electrons. The number of alkyl halides is 6. The standard InChI is InChI=1S/C21H21F6NO2/c1-12-17(19(29)30)10-18(28(12)11-13-5-3-2-4-6-13)14-7-15(20(22,23)24)9-16(8-14)21(25,26)27/h7-10,13H,2-6,11H2,1H3,(H,29,30). The van der Waals surface area contributed by atoms with Gasteiger partial charge in [0.2, 0.25) is 0 Å². The molecule has 0 spiro atoms. The van der Waals surface area contributed by atoms with Crippen LogP contribution in [0.5, 0.6) is 0 Å². The number of benzene rings is 1. The summed E-state index contributed by atoms with van der Waals surface area (Å²) in [5.74, 6) is -1.09. The second kappa shape index (κ2) is 8.00. The molecule has 1 aliphatic carbocycles. The van der Waals surface area contributed by atoms with Crippen molar-refractivity contribution in [2.45, 2.75) is 57.9 Å². The lowest BCUT2D eigenvalue weighted by atomic mass is 9.89. The van der Waals surface area contributed by atoms with E-state index < -0.39 is 29.4 Å². The summed E-state index contributed by atoms with van der Waals surface area (Å²) in [7, 11) is 0. The van der Waals surface area contributed by atoms with Crippen LogP contribution in [0.1, 0.15) is 59.3 Å². The highest BCUT2D eigenvalue weighted by molar-refractivity contribution is 5.91. The molecule has 0 radical (unpaired) electrons. The second-order valence-electron chi connectivity index (χ2n) is 7.74. The van der Waals surface area contributed by atoms with Gasteiger partial charge in [-0.15, -0.1) is 0 Å². The van der Waals surface area contributed by atoms with Crippen molar-refractivity contribution in [1.82, 2.24) is 4.57 Å². The average Bonchev–Trinajstić information content (AvgIpc) is 2.97. The lowest BCUT2D eigenvalue weighted by molar-refractivity contribution is -0.143. The zero-order valence-electron chi connectivity index (χ0n) is 16.2. The monoisotopic (exact) mass is 433 g/mol. The SMILES string of the molecule is Cc1c(C(=O)O)cc(-c2cc(C(F)(F)F)cc(C(F)(F)F)c2)n1CC1CCCCC1. The van der Waals surface area contributed by atoms with E-state index in [2.05, 4.69) is 0 Å². The van der Waals surface area contributed by atoms with Crippen LogP contribution >= 0.6 is 0 Å². The van der Waals surface area contributed by atoms with Crippen LogP contribution in [0.15, 0.2) is 24.3 Å². The first-order valence-electron chi connectivity index (χ1n) is 9.61. The molecule has 0 atom stereocenters. The average molecular weight is 433 g/mol. The number of carbonyl (C=O) groups is 1. The van der Waals surface area contributed by atoms with E-state index in [0.29, 0.717) is 24.4 Å². The number of aromatic nitrogens is 1. The number of hydrogen-bond donors (Lipinski definition) is 1. The highest BCUT2D eigenvalue weighted by atomic mass is 19.4. The van der Waals surface area contributed by atoms with E-state index in [1.807, 2.05) is 0 Å². The topological polar surface area (TPSA) is 42.2 Å². The molecule has 0 bridgehead atoms. The van der Waals surface area contributed by atoms with Gasteiger partial charge in [0.25, 0.3) is 0 Å². The van der Waals surface area contributed by atoms with Gasteiger partial charge in [0.1, 0.15) is 0 Å². The Bertz CT molecular complexity index is 904. The number of carboxylic acids is 1. The molecule has 0 saturated heterocycles. The summed E-state index contributed by atoms with van der Waals surface area (Å²) in [6.45, 7) is 1.88. The Hall–Kier alpha value is -2.45. The largest absolute Gasteiger partial charge is 0.478 e. The zero-order chi connectivity index (χ0) is 22.3. The van der Waals surface area contributed by atoms with E-state index in [1.165, 1.54) is 6.92 Å². The first-order valence-corrected chi connectivity index (χ1v) is 9.61. The molecule has 1 N–H and O–H groups in total. The minimum atomic E-state index is -4.97. The molecule has 1 heterocycles. The number of carboxylic acid groups (broad SMARTS) is 1. The fourth-order valence-corrected chi connectivity index (χ4v) is 4.07. The van der Waals surface area contributed by atoms with Gasteiger partial charge in [-0.2, -0.15) is 26.3 Å². The van der Waals surface area contributed by atoms with Gasteiger partial charge >= 0.3 is 18.3 Å².